The van der Waals surface area contributed by atoms with Crippen molar-refractivity contribution >= 4 is 38.4 Å². The molecule has 1 aliphatic rings. The number of para-hydroxylation sites is 1. The van der Waals surface area contributed by atoms with Gasteiger partial charge < -0.3 is 10.1 Å². The van der Waals surface area contributed by atoms with Gasteiger partial charge in [-0.3, -0.25) is 18.7 Å². The van der Waals surface area contributed by atoms with E-state index in [0.717, 1.165) is 17.3 Å². The molecule has 0 bridgehead atoms. The van der Waals surface area contributed by atoms with Gasteiger partial charge in [0.15, 0.2) is 0 Å². The van der Waals surface area contributed by atoms with E-state index in [-0.39, 0.29) is 30.7 Å². The highest BCUT2D eigenvalue weighted by atomic mass is 79.9. The number of rotatable bonds is 5. The zero-order valence-corrected chi connectivity index (χ0v) is 17.2. The van der Waals surface area contributed by atoms with Crippen LogP contribution in [0.4, 0.5) is 5.69 Å². The van der Waals surface area contributed by atoms with Crippen LogP contribution >= 0.6 is 15.9 Å². The molecule has 1 unspecified atom stereocenters. The summed E-state index contributed by atoms with van der Waals surface area (Å²) in [4.78, 5) is 38.6. The molecule has 2 aromatic carbocycles. The van der Waals surface area contributed by atoms with Crippen molar-refractivity contribution in [1.29, 1.82) is 0 Å². The van der Waals surface area contributed by atoms with Crippen LogP contribution in [0.5, 0.6) is 0 Å². The summed E-state index contributed by atoms with van der Waals surface area (Å²) >= 11 is 3.35. The molecular weight excluding hydrogens is 438 g/mol. The third-order valence-corrected chi connectivity index (χ3v) is 5.50. The second-order valence-electron chi connectivity index (χ2n) is 6.99. The lowest BCUT2D eigenvalue weighted by Crippen LogP contribution is -2.43. The first-order chi connectivity index (χ1) is 14.0. The molecule has 0 saturated carbocycles. The molecule has 1 atom stereocenters. The van der Waals surface area contributed by atoms with Crippen molar-refractivity contribution in [2.45, 2.75) is 32.0 Å². The second-order valence-corrected chi connectivity index (χ2v) is 7.91. The van der Waals surface area contributed by atoms with Crippen molar-refractivity contribution in [3.05, 3.63) is 73.8 Å². The van der Waals surface area contributed by atoms with Crippen LogP contribution in [0.1, 0.15) is 12.8 Å². The molecule has 8 heteroatoms. The van der Waals surface area contributed by atoms with Gasteiger partial charge >= 0.3 is 5.69 Å². The predicted octanol–water partition coefficient (Wildman–Crippen LogP) is 2.74. The predicted molar refractivity (Wildman–Crippen MR) is 114 cm³/mol. The Morgan fingerprint density at radius 1 is 1.10 bits per heavy atom. The number of amides is 1. The van der Waals surface area contributed by atoms with Gasteiger partial charge in [0.05, 0.1) is 23.6 Å². The highest BCUT2D eigenvalue weighted by Crippen LogP contribution is 2.15. The number of nitrogens with zero attached hydrogens (tertiary/aromatic N) is 2. The monoisotopic (exact) mass is 457 g/mol. The first-order valence-electron chi connectivity index (χ1n) is 9.42. The van der Waals surface area contributed by atoms with E-state index in [0.29, 0.717) is 23.2 Å². The van der Waals surface area contributed by atoms with Crippen LogP contribution < -0.4 is 16.6 Å². The second kappa shape index (κ2) is 8.34. The normalized spacial score (nSPS) is 16.2. The minimum absolute atomic E-state index is 0.161. The van der Waals surface area contributed by atoms with Gasteiger partial charge in [-0.05, 0) is 49.2 Å². The van der Waals surface area contributed by atoms with Crippen LogP contribution in [0.15, 0.2) is 62.6 Å². The molecule has 0 radical (unpaired) electrons. The fraction of sp³-hybridized carbons (Fsp3) is 0.286. The first kappa shape index (κ1) is 19.6. The maximum absolute atomic E-state index is 13.1. The van der Waals surface area contributed by atoms with Crippen molar-refractivity contribution in [3.63, 3.8) is 0 Å². The Hall–Kier alpha value is -2.71. The molecule has 3 aromatic rings. The molecule has 4 rings (SSSR count). The molecule has 0 aliphatic carbocycles. The van der Waals surface area contributed by atoms with Crippen molar-refractivity contribution in [3.8, 4) is 0 Å². The summed E-state index contributed by atoms with van der Waals surface area (Å²) in [5.74, 6) is -0.345. The summed E-state index contributed by atoms with van der Waals surface area (Å²) < 4.78 is 9.03. The first-order valence-corrected chi connectivity index (χ1v) is 10.2. The van der Waals surface area contributed by atoms with E-state index in [4.69, 9.17) is 4.74 Å². The summed E-state index contributed by atoms with van der Waals surface area (Å²) in [5.41, 5.74) is 0.209. The minimum Gasteiger partial charge on any atom is -0.376 e. The van der Waals surface area contributed by atoms with Crippen LogP contribution in [0.3, 0.4) is 0 Å². The average Bonchev–Trinajstić information content (AvgIpc) is 3.23. The lowest BCUT2D eigenvalue weighted by Gasteiger charge is -2.16. The number of anilines is 1. The Kier molecular flexibility index (Phi) is 5.64. The summed E-state index contributed by atoms with van der Waals surface area (Å²) in [7, 11) is 0. The lowest BCUT2D eigenvalue weighted by atomic mass is 10.2. The Balaban J connectivity index is 1.70. The van der Waals surface area contributed by atoms with Crippen LogP contribution in [0.2, 0.25) is 0 Å². The number of hydrogen-bond acceptors (Lipinski definition) is 4. The van der Waals surface area contributed by atoms with Crippen molar-refractivity contribution in [2.24, 2.45) is 0 Å². The third-order valence-electron chi connectivity index (χ3n) is 4.97. The molecule has 0 spiro atoms. The van der Waals surface area contributed by atoms with E-state index in [1.165, 1.54) is 9.13 Å². The largest absolute Gasteiger partial charge is 0.376 e. The maximum Gasteiger partial charge on any atom is 0.332 e. The number of fused-ring (bicyclic) bond motifs is 1. The third kappa shape index (κ3) is 4.18. The van der Waals surface area contributed by atoms with Gasteiger partial charge in [0, 0.05) is 16.8 Å². The molecule has 1 N–H and O–H groups in total. The highest BCUT2D eigenvalue weighted by molar-refractivity contribution is 9.10. The number of nitrogens with one attached hydrogen (secondary N) is 1. The Morgan fingerprint density at radius 2 is 1.86 bits per heavy atom. The standard InChI is InChI=1S/C21H20BrN3O4/c22-14-7-9-15(10-8-14)23-19(26)13-24-18-6-2-1-5-17(18)20(27)25(21(24)28)12-16-4-3-11-29-16/h1-2,5-10,16H,3-4,11-13H2,(H,23,26). The maximum atomic E-state index is 13.1. The van der Waals surface area contributed by atoms with E-state index >= 15 is 0 Å². The number of aromatic nitrogens is 2. The van der Waals surface area contributed by atoms with Gasteiger partial charge in [-0.1, -0.05) is 28.1 Å². The molecular formula is C21H20BrN3O4. The smallest absolute Gasteiger partial charge is 0.332 e. The van der Waals surface area contributed by atoms with Crippen LogP contribution in [-0.4, -0.2) is 27.8 Å². The Bertz CT molecular complexity index is 1160. The molecule has 2 heterocycles. The number of carbonyl (C=O) groups is 1. The van der Waals surface area contributed by atoms with E-state index in [9.17, 15) is 14.4 Å². The fourth-order valence-corrected chi connectivity index (χ4v) is 3.82. The number of benzene rings is 2. The number of carbonyl (C=O) groups excluding carboxylic acids is 1. The fourth-order valence-electron chi connectivity index (χ4n) is 3.55. The molecule has 1 amide bonds. The summed E-state index contributed by atoms with van der Waals surface area (Å²) in [5, 5.41) is 3.19. The summed E-state index contributed by atoms with van der Waals surface area (Å²) in [6, 6.07) is 14.0. The SMILES string of the molecule is O=C(Cn1c(=O)n(CC2CCCO2)c(=O)c2ccccc21)Nc1ccc(Br)cc1. The van der Waals surface area contributed by atoms with Crippen LogP contribution in [0, 0.1) is 0 Å². The Morgan fingerprint density at radius 3 is 2.59 bits per heavy atom. The van der Waals surface area contributed by atoms with E-state index in [2.05, 4.69) is 21.2 Å². The zero-order valence-electron chi connectivity index (χ0n) is 15.6. The van der Waals surface area contributed by atoms with Crippen molar-refractivity contribution in [2.75, 3.05) is 11.9 Å². The van der Waals surface area contributed by atoms with E-state index in [1.54, 1.807) is 36.4 Å². The topological polar surface area (TPSA) is 82.3 Å². The van der Waals surface area contributed by atoms with Gasteiger partial charge in [-0.25, -0.2) is 4.79 Å². The molecule has 1 fully saturated rings. The molecule has 1 aliphatic heterocycles. The van der Waals surface area contributed by atoms with Crippen LogP contribution in [-0.2, 0) is 22.6 Å². The highest BCUT2D eigenvalue weighted by Gasteiger charge is 2.21. The lowest BCUT2D eigenvalue weighted by molar-refractivity contribution is -0.116. The number of ether oxygens (including phenoxy) is 1. The van der Waals surface area contributed by atoms with Gasteiger partial charge in [-0.2, -0.15) is 0 Å². The summed E-state index contributed by atoms with van der Waals surface area (Å²) in [6.45, 7) is 0.634. The molecule has 150 valence electrons. The zero-order chi connectivity index (χ0) is 20.4. The van der Waals surface area contributed by atoms with Gasteiger partial charge in [0.2, 0.25) is 5.91 Å². The quantitative estimate of drug-likeness (QED) is 0.638. The van der Waals surface area contributed by atoms with Crippen molar-refractivity contribution < 1.29 is 9.53 Å². The van der Waals surface area contributed by atoms with Crippen LogP contribution in [0.25, 0.3) is 10.9 Å². The summed E-state index contributed by atoms with van der Waals surface area (Å²) in [6.07, 6.45) is 1.56. The average molecular weight is 458 g/mol. The van der Waals surface area contributed by atoms with E-state index < -0.39 is 5.69 Å². The van der Waals surface area contributed by atoms with E-state index in [1.807, 2.05) is 12.1 Å². The Labute approximate surface area is 175 Å². The van der Waals surface area contributed by atoms with Crippen molar-refractivity contribution in [1.82, 2.24) is 9.13 Å². The molecule has 29 heavy (non-hydrogen) atoms. The number of hydrogen-bond donors (Lipinski definition) is 1. The van der Waals surface area contributed by atoms with Gasteiger partial charge in [0.25, 0.3) is 5.56 Å². The van der Waals surface area contributed by atoms with Gasteiger partial charge in [0.1, 0.15) is 6.54 Å². The van der Waals surface area contributed by atoms with Gasteiger partial charge in [-0.15, -0.1) is 0 Å². The molecule has 1 saturated heterocycles. The molecule has 7 nitrogen and oxygen atoms in total. The molecule has 1 aromatic heterocycles. The number of halogens is 1. The minimum atomic E-state index is -0.504.